The highest BCUT2D eigenvalue weighted by Crippen LogP contribution is 2.28. The Morgan fingerprint density at radius 3 is 2.86 bits per heavy atom. The summed E-state index contributed by atoms with van der Waals surface area (Å²) in [5, 5.41) is 4.87. The number of nitrogens with one attached hydrogen (secondary N) is 1. The quantitative estimate of drug-likeness (QED) is 0.471. The summed E-state index contributed by atoms with van der Waals surface area (Å²) in [6, 6.07) is 17.3. The van der Waals surface area contributed by atoms with Crippen LogP contribution in [0.2, 0.25) is 5.02 Å². The smallest absolute Gasteiger partial charge is 0.340 e. The number of halogens is 1. The number of methoxy groups -OCH3 is 1. The van der Waals surface area contributed by atoms with Gasteiger partial charge in [-0.15, -0.1) is 0 Å². The number of esters is 1. The maximum Gasteiger partial charge on any atom is 0.340 e. The molecular weight excluding hydrogens is 374 g/mol. The molecule has 28 heavy (non-hydrogen) atoms. The lowest BCUT2D eigenvalue weighted by molar-refractivity contribution is 0.0602. The first-order chi connectivity index (χ1) is 13.6. The molecule has 0 saturated heterocycles. The number of ether oxygens (including phenoxy) is 1. The number of fused-ring (bicyclic) bond motifs is 1. The van der Waals surface area contributed by atoms with Crippen molar-refractivity contribution in [3.63, 3.8) is 0 Å². The van der Waals surface area contributed by atoms with E-state index in [0.29, 0.717) is 16.3 Å². The van der Waals surface area contributed by atoms with Gasteiger partial charge in [0, 0.05) is 46.7 Å². The summed E-state index contributed by atoms with van der Waals surface area (Å²) in [6.07, 6.45) is 5.70. The summed E-state index contributed by atoms with van der Waals surface area (Å²) in [5.74, 6) is -0.436. The third-order valence-electron chi connectivity index (χ3n) is 4.51. The molecule has 2 heterocycles. The molecule has 4 rings (SSSR count). The molecule has 2 aromatic heterocycles. The highest BCUT2D eigenvalue weighted by Gasteiger charge is 2.13. The molecule has 2 aromatic carbocycles. The van der Waals surface area contributed by atoms with E-state index in [4.69, 9.17) is 16.3 Å². The lowest BCUT2D eigenvalue weighted by atomic mass is 10.1. The number of carbonyl (C=O) groups is 1. The van der Waals surface area contributed by atoms with E-state index in [2.05, 4.69) is 39.3 Å². The zero-order chi connectivity index (χ0) is 19.5. The van der Waals surface area contributed by atoms with E-state index in [1.807, 2.05) is 24.4 Å². The number of anilines is 2. The molecule has 0 aliphatic heterocycles. The fourth-order valence-electron chi connectivity index (χ4n) is 3.16. The summed E-state index contributed by atoms with van der Waals surface area (Å²) in [6.45, 7) is 0.758. The van der Waals surface area contributed by atoms with Crippen LogP contribution in [0.4, 0.5) is 11.4 Å². The second-order valence-corrected chi connectivity index (χ2v) is 6.82. The van der Waals surface area contributed by atoms with Crippen LogP contribution in [0.5, 0.6) is 0 Å². The lowest BCUT2D eigenvalue weighted by Crippen LogP contribution is -2.05. The van der Waals surface area contributed by atoms with E-state index in [-0.39, 0.29) is 0 Å². The van der Waals surface area contributed by atoms with E-state index in [9.17, 15) is 4.79 Å². The van der Waals surface area contributed by atoms with Crippen molar-refractivity contribution >= 4 is 39.8 Å². The van der Waals surface area contributed by atoms with Crippen molar-refractivity contribution in [2.75, 3.05) is 12.4 Å². The van der Waals surface area contributed by atoms with Gasteiger partial charge in [0.1, 0.15) is 0 Å². The van der Waals surface area contributed by atoms with Crippen molar-refractivity contribution < 1.29 is 9.53 Å². The largest absolute Gasteiger partial charge is 0.465 e. The third-order valence-corrected chi connectivity index (χ3v) is 4.75. The molecule has 1 N–H and O–H groups in total. The zero-order valence-corrected chi connectivity index (χ0v) is 16.0. The molecular formula is C22H18ClN3O2. The van der Waals surface area contributed by atoms with Crippen LogP contribution in [-0.4, -0.2) is 22.6 Å². The van der Waals surface area contributed by atoms with Crippen molar-refractivity contribution in [2.45, 2.75) is 6.54 Å². The maximum atomic E-state index is 12.0. The summed E-state index contributed by atoms with van der Waals surface area (Å²) >= 11 is 6.03. The van der Waals surface area contributed by atoms with Gasteiger partial charge in [-0.2, -0.15) is 0 Å². The topological polar surface area (TPSA) is 56.1 Å². The van der Waals surface area contributed by atoms with Crippen molar-refractivity contribution in [3.05, 3.63) is 89.3 Å². The minimum atomic E-state index is -0.436. The number of hydrogen-bond acceptors (Lipinski definition) is 4. The number of nitrogens with zero attached hydrogens (tertiary/aromatic N) is 2. The van der Waals surface area contributed by atoms with Crippen LogP contribution in [0.1, 0.15) is 15.9 Å². The van der Waals surface area contributed by atoms with Gasteiger partial charge in [0.05, 0.1) is 18.4 Å². The Morgan fingerprint density at radius 1 is 1.18 bits per heavy atom. The average molecular weight is 392 g/mol. The van der Waals surface area contributed by atoms with Crippen LogP contribution >= 0.6 is 11.6 Å². The van der Waals surface area contributed by atoms with Gasteiger partial charge < -0.3 is 14.6 Å². The molecule has 0 unspecified atom stereocenters. The fourth-order valence-corrected chi connectivity index (χ4v) is 3.34. The Balaban J connectivity index is 1.62. The van der Waals surface area contributed by atoms with Crippen LogP contribution in [0, 0.1) is 0 Å². The van der Waals surface area contributed by atoms with Gasteiger partial charge in [-0.25, -0.2) is 4.79 Å². The number of rotatable bonds is 5. The first-order valence-electron chi connectivity index (χ1n) is 8.77. The molecule has 5 nitrogen and oxygen atoms in total. The van der Waals surface area contributed by atoms with Gasteiger partial charge >= 0.3 is 5.97 Å². The highest BCUT2D eigenvalue weighted by atomic mass is 35.5. The molecule has 0 aliphatic rings. The van der Waals surface area contributed by atoms with Crippen LogP contribution < -0.4 is 5.32 Å². The predicted molar refractivity (Wildman–Crippen MR) is 111 cm³/mol. The maximum absolute atomic E-state index is 12.0. The van der Waals surface area contributed by atoms with Gasteiger partial charge in [-0.05, 0) is 54.1 Å². The number of aromatic nitrogens is 2. The normalized spacial score (nSPS) is 10.8. The SMILES string of the molecule is COC(=O)c1cc(Cl)ccc1Nc1ccc2c(ccn2Cc2cccnc2)c1. The molecule has 0 atom stereocenters. The monoisotopic (exact) mass is 391 g/mol. The minimum Gasteiger partial charge on any atom is -0.465 e. The van der Waals surface area contributed by atoms with Gasteiger partial charge in [0.25, 0.3) is 0 Å². The molecule has 0 radical (unpaired) electrons. The van der Waals surface area contributed by atoms with Gasteiger partial charge in [0.15, 0.2) is 0 Å². The molecule has 0 aliphatic carbocycles. The van der Waals surface area contributed by atoms with Crippen LogP contribution in [-0.2, 0) is 11.3 Å². The third kappa shape index (κ3) is 3.70. The van der Waals surface area contributed by atoms with E-state index in [1.54, 1.807) is 24.4 Å². The number of pyridine rings is 1. The molecule has 140 valence electrons. The van der Waals surface area contributed by atoms with E-state index in [0.717, 1.165) is 28.7 Å². The Bertz CT molecular complexity index is 1140. The average Bonchev–Trinajstić information content (AvgIpc) is 3.11. The predicted octanol–water partition coefficient (Wildman–Crippen LogP) is 5.27. The fraction of sp³-hybridized carbons (Fsp3) is 0.0909. The molecule has 0 fully saturated rings. The molecule has 0 saturated carbocycles. The van der Waals surface area contributed by atoms with E-state index < -0.39 is 5.97 Å². The molecule has 0 bridgehead atoms. The summed E-state index contributed by atoms with van der Waals surface area (Å²) in [5.41, 5.74) is 4.18. The second kappa shape index (κ2) is 7.74. The Kier molecular flexibility index (Phi) is 5.00. The summed E-state index contributed by atoms with van der Waals surface area (Å²) in [7, 11) is 1.35. The van der Waals surface area contributed by atoms with E-state index >= 15 is 0 Å². The zero-order valence-electron chi connectivity index (χ0n) is 15.2. The Labute approximate surface area is 167 Å². The molecule has 6 heteroatoms. The van der Waals surface area contributed by atoms with Crippen LogP contribution in [0.15, 0.2) is 73.2 Å². The number of hydrogen-bond donors (Lipinski definition) is 1. The lowest BCUT2D eigenvalue weighted by Gasteiger charge is -2.12. The first kappa shape index (κ1) is 18.1. The minimum absolute atomic E-state index is 0.393. The standard InChI is InChI=1S/C22H18ClN3O2/c1-28-22(27)19-12-17(23)4-6-20(19)25-18-5-7-21-16(11-18)8-10-26(21)14-15-3-2-9-24-13-15/h2-13,25H,14H2,1H3. The van der Waals surface area contributed by atoms with Crippen molar-refractivity contribution in [1.29, 1.82) is 0 Å². The van der Waals surface area contributed by atoms with Gasteiger partial charge in [-0.1, -0.05) is 17.7 Å². The molecule has 0 amide bonds. The Morgan fingerprint density at radius 2 is 2.07 bits per heavy atom. The van der Waals surface area contributed by atoms with Crippen molar-refractivity contribution in [3.8, 4) is 0 Å². The molecule has 0 spiro atoms. The van der Waals surface area contributed by atoms with Crippen LogP contribution in [0.25, 0.3) is 10.9 Å². The summed E-state index contributed by atoms with van der Waals surface area (Å²) < 4.78 is 7.03. The summed E-state index contributed by atoms with van der Waals surface area (Å²) in [4.78, 5) is 16.2. The van der Waals surface area contributed by atoms with Gasteiger partial charge in [0.2, 0.25) is 0 Å². The second-order valence-electron chi connectivity index (χ2n) is 6.38. The highest BCUT2D eigenvalue weighted by molar-refractivity contribution is 6.31. The number of benzene rings is 2. The first-order valence-corrected chi connectivity index (χ1v) is 9.14. The van der Waals surface area contributed by atoms with E-state index in [1.165, 1.54) is 7.11 Å². The molecule has 4 aromatic rings. The van der Waals surface area contributed by atoms with Crippen molar-refractivity contribution in [1.82, 2.24) is 9.55 Å². The number of carbonyl (C=O) groups excluding carboxylic acids is 1. The Hall–Kier alpha value is -3.31. The van der Waals surface area contributed by atoms with Crippen LogP contribution in [0.3, 0.4) is 0 Å². The van der Waals surface area contributed by atoms with Gasteiger partial charge in [-0.3, -0.25) is 4.98 Å². The van der Waals surface area contributed by atoms with Crippen molar-refractivity contribution in [2.24, 2.45) is 0 Å².